The molecule has 4 nitrogen and oxygen atoms in total. The van der Waals surface area contributed by atoms with Crippen LogP contribution in [0.3, 0.4) is 0 Å². The molecule has 0 heterocycles. The molecule has 0 fully saturated rings. The van der Waals surface area contributed by atoms with Gasteiger partial charge in [-0.05, 0) is 35.1 Å². The van der Waals surface area contributed by atoms with Crippen molar-refractivity contribution in [2.75, 3.05) is 0 Å². The molecule has 0 aromatic heterocycles. The summed E-state index contributed by atoms with van der Waals surface area (Å²) in [7, 11) is 0. The molecule has 0 unspecified atom stereocenters. The van der Waals surface area contributed by atoms with Crippen LogP contribution in [0.4, 0.5) is 0 Å². The Balaban J connectivity index is 3.15. The molecule has 0 amide bonds. The zero-order valence-electron chi connectivity index (χ0n) is 11.9. The Hall–Kier alpha value is -1.84. The Morgan fingerprint density at radius 1 is 1.32 bits per heavy atom. The molecule has 19 heavy (non-hydrogen) atoms. The van der Waals surface area contributed by atoms with Crippen LogP contribution >= 0.6 is 0 Å². The lowest BCUT2D eigenvalue weighted by molar-refractivity contribution is -0.132. The van der Waals surface area contributed by atoms with Gasteiger partial charge in [0.05, 0.1) is 0 Å². The van der Waals surface area contributed by atoms with Crippen molar-refractivity contribution < 1.29 is 19.1 Å². The molecule has 1 rings (SSSR count). The maximum atomic E-state index is 11.1. The van der Waals surface area contributed by atoms with Crippen molar-refractivity contribution in [2.24, 2.45) is 0 Å². The van der Waals surface area contributed by atoms with E-state index in [1.165, 1.54) is 6.92 Å². The van der Waals surface area contributed by atoms with Crippen LogP contribution in [-0.4, -0.2) is 12.4 Å². The standard InChI is InChI=1S/C15H20O4/c1-5-15(3,4)13-6-12(9-18-10-16)7-14(8-13)19-11(2)17/h6-8,10H,5,9H2,1-4H3. The number of ether oxygens (including phenoxy) is 2. The second kappa shape index (κ2) is 6.36. The Morgan fingerprint density at radius 2 is 2.00 bits per heavy atom. The monoisotopic (exact) mass is 264 g/mol. The van der Waals surface area contributed by atoms with Gasteiger partial charge in [-0.3, -0.25) is 9.59 Å². The molecule has 0 atom stereocenters. The topological polar surface area (TPSA) is 52.6 Å². The van der Waals surface area contributed by atoms with Crippen LogP contribution in [-0.2, 0) is 26.3 Å². The number of hydrogen-bond acceptors (Lipinski definition) is 4. The van der Waals surface area contributed by atoms with E-state index < -0.39 is 0 Å². The lowest BCUT2D eigenvalue weighted by Gasteiger charge is -2.24. The molecule has 0 aliphatic heterocycles. The third-order valence-electron chi connectivity index (χ3n) is 3.21. The molecule has 0 radical (unpaired) electrons. The molecule has 0 spiro atoms. The highest BCUT2D eigenvalue weighted by Crippen LogP contribution is 2.31. The van der Waals surface area contributed by atoms with Gasteiger partial charge >= 0.3 is 5.97 Å². The largest absolute Gasteiger partial charge is 0.463 e. The van der Waals surface area contributed by atoms with Gasteiger partial charge in [0, 0.05) is 6.92 Å². The molecule has 104 valence electrons. The van der Waals surface area contributed by atoms with E-state index in [1.54, 1.807) is 6.07 Å². The van der Waals surface area contributed by atoms with Crippen LogP contribution in [0, 0.1) is 0 Å². The average molecular weight is 264 g/mol. The molecule has 0 aliphatic rings. The first-order valence-corrected chi connectivity index (χ1v) is 6.27. The van der Waals surface area contributed by atoms with Crippen molar-refractivity contribution >= 4 is 12.4 Å². The van der Waals surface area contributed by atoms with Crippen molar-refractivity contribution in [3.05, 3.63) is 29.3 Å². The van der Waals surface area contributed by atoms with Crippen LogP contribution in [0.25, 0.3) is 0 Å². The van der Waals surface area contributed by atoms with E-state index in [2.05, 4.69) is 20.8 Å². The first-order valence-electron chi connectivity index (χ1n) is 6.27. The third kappa shape index (κ3) is 4.39. The van der Waals surface area contributed by atoms with Crippen molar-refractivity contribution in [1.29, 1.82) is 0 Å². The summed E-state index contributed by atoms with van der Waals surface area (Å²) in [5.41, 5.74) is 1.83. The molecule has 0 saturated heterocycles. The fraction of sp³-hybridized carbons (Fsp3) is 0.467. The maximum Gasteiger partial charge on any atom is 0.308 e. The lowest BCUT2D eigenvalue weighted by Crippen LogP contribution is -2.16. The highest BCUT2D eigenvalue weighted by molar-refractivity contribution is 5.69. The van der Waals surface area contributed by atoms with Gasteiger partial charge in [0.2, 0.25) is 0 Å². The minimum atomic E-state index is -0.367. The first kappa shape index (κ1) is 15.2. The molecule has 1 aromatic carbocycles. The van der Waals surface area contributed by atoms with E-state index >= 15 is 0 Å². The third-order valence-corrected chi connectivity index (χ3v) is 3.21. The number of benzene rings is 1. The maximum absolute atomic E-state index is 11.1. The SMILES string of the molecule is CCC(C)(C)c1cc(COC=O)cc(OC(C)=O)c1. The van der Waals surface area contributed by atoms with Gasteiger partial charge < -0.3 is 9.47 Å². The van der Waals surface area contributed by atoms with E-state index in [9.17, 15) is 9.59 Å². The molecule has 0 aliphatic carbocycles. The molecule has 4 heteroatoms. The predicted molar refractivity (Wildman–Crippen MR) is 71.9 cm³/mol. The highest BCUT2D eigenvalue weighted by Gasteiger charge is 2.20. The Bertz CT molecular complexity index is 463. The smallest absolute Gasteiger partial charge is 0.308 e. The summed E-state index contributed by atoms with van der Waals surface area (Å²) < 4.78 is 9.89. The van der Waals surface area contributed by atoms with Gasteiger partial charge in [-0.15, -0.1) is 0 Å². The van der Waals surface area contributed by atoms with Gasteiger partial charge in [-0.1, -0.05) is 26.8 Å². The molecule has 1 aromatic rings. The Kier molecular flexibility index (Phi) is 5.10. The number of hydrogen-bond donors (Lipinski definition) is 0. The van der Waals surface area contributed by atoms with Crippen LogP contribution in [0.5, 0.6) is 5.75 Å². The van der Waals surface area contributed by atoms with E-state index in [-0.39, 0.29) is 18.0 Å². The van der Waals surface area contributed by atoms with Crippen molar-refractivity contribution in [3.63, 3.8) is 0 Å². The van der Waals surface area contributed by atoms with Crippen LogP contribution in [0.2, 0.25) is 0 Å². The summed E-state index contributed by atoms with van der Waals surface area (Å²) in [6, 6.07) is 5.54. The molecule has 0 saturated carbocycles. The van der Waals surface area contributed by atoms with Crippen LogP contribution < -0.4 is 4.74 Å². The van der Waals surface area contributed by atoms with E-state index in [1.807, 2.05) is 12.1 Å². The van der Waals surface area contributed by atoms with E-state index in [0.717, 1.165) is 17.5 Å². The van der Waals surface area contributed by atoms with Crippen molar-refractivity contribution in [2.45, 2.75) is 46.1 Å². The fourth-order valence-electron chi connectivity index (χ4n) is 1.69. The first-order chi connectivity index (χ1) is 8.89. The lowest BCUT2D eigenvalue weighted by atomic mass is 9.81. The number of carbonyl (C=O) groups is 2. The summed E-state index contributed by atoms with van der Waals surface area (Å²) in [5, 5.41) is 0. The Morgan fingerprint density at radius 3 is 2.53 bits per heavy atom. The summed E-state index contributed by atoms with van der Waals surface area (Å²) in [5.74, 6) is 0.115. The van der Waals surface area contributed by atoms with Crippen LogP contribution in [0.15, 0.2) is 18.2 Å². The van der Waals surface area contributed by atoms with Crippen molar-refractivity contribution in [1.82, 2.24) is 0 Å². The summed E-state index contributed by atoms with van der Waals surface area (Å²) in [6.07, 6.45) is 0.949. The van der Waals surface area contributed by atoms with Gasteiger partial charge in [0.25, 0.3) is 6.47 Å². The predicted octanol–water partition coefficient (Wildman–Crippen LogP) is 2.97. The Labute approximate surface area is 113 Å². The zero-order chi connectivity index (χ0) is 14.5. The van der Waals surface area contributed by atoms with Crippen molar-refractivity contribution in [3.8, 4) is 5.75 Å². The molecular weight excluding hydrogens is 244 g/mol. The number of carbonyl (C=O) groups excluding carboxylic acids is 2. The van der Waals surface area contributed by atoms with Crippen LogP contribution in [0.1, 0.15) is 45.2 Å². The van der Waals surface area contributed by atoms with Gasteiger partial charge in [0.15, 0.2) is 0 Å². The quantitative estimate of drug-likeness (QED) is 0.450. The zero-order valence-corrected chi connectivity index (χ0v) is 11.9. The highest BCUT2D eigenvalue weighted by atomic mass is 16.5. The minimum absolute atomic E-state index is 0.0356. The van der Waals surface area contributed by atoms with Gasteiger partial charge in [-0.2, -0.15) is 0 Å². The van der Waals surface area contributed by atoms with Gasteiger partial charge in [-0.25, -0.2) is 0 Å². The fourth-order valence-corrected chi connectivity index (χ4v) is 1.69. The summed E-state index contributed by atoms with van der Waals surface area (Å²) in [6.45, 7) is 8.27. The van der Waals surface area contributed by atoms with Gasteiger partial charge in [0.1, 0.15) is 12.4 Å². The molecule has 0 N–H and O–H groups in total. The number of esters is 1. The second-order valence-corrected chi connectivity index (χ2v) is 5.10. The normalized spacial score (nSPS) is 10.9. The molecule has 0 bridgehead atoms. The van der Waals surface area contributed by atoms with E-state index in [0.29, 0.717) is 12.2 Å². The minimum Gasteiger partial charge on any atom is -0.463 e. The number of rotatable bonds is 6. The second-order valence-electron chi connectivity index (χ2n) is 5.10. The molecular formula is C15H20O4. The summed E-state index contributed by atoms with van der Waals surface area (Å²) >= 11 is 0. The average Bonchev–Trinajstić information content (AvgIpc) is 2.35. The summed E-state index contributed by atoms with van der Waals surface area (Å²) in [4.78, 5) is 21.3. The van der Waals surface area contributed by atoms with E-state index in [4.69, 9.17) is 9.47 Å².